The minimum absolute atomic E-state index is 0.312. The van der Waals surface area contributed by atoms with Crippen LogP contribution >= 0.6 is 11.6 Å². The number of nitrogens with zero attached hydrogens (tertiary/aromatic N) is 3. The van der Waals surface area contributed by atoms with E-state index in [1.54, 1.807) is 17.9 Å². The number of nitriles is 1. The SMILES string of the molecule is Cn1cc(Cl)c(CNCC#N)n1. The summed E-state index contributed by atoms with van der Waals surface area (Å²) in [6.45, 7) is 0.847. The number of hydrogen-bond donors (Lipinski definition) is 1. The lowest BCUT2D eigenvalue weighted by Crippen LogP contribution is -2.13. The van der Waals surface area contributed by atoms with E-state index in [9.17, 15) is 0 Å². The van der Waals surface area contributed by atoms with Crippen molar-refractivity contribution in [3.05, 3.63) is 16.9 Å². The molecule has 0 fully saturated rings. The Morgan fingerprint density at radius 2 is 2.58 bits per heavy atom. The largest absolute Gasteiger partial charge is 0.299 e. The Labute approximate surface area is 75.7 Å². The lowest BCUT2D eigenvalue weighted by atomic mass is 10.4. The molecule has 0 saturated heterocycles. The fourth-order valence-corrected chi connectivity index (χ4v) is 1.11. The summed E-state index contributed by atoms with van der Waals surface area (Å²) in [6, 6.07) is 1.98. The van der Waals surface area contributed by atoms with Crippen molar-refractivity contribution in [1.29, 1.82) is 5.26 Å². The Balaban J connectivity index is 2.52. The Hall–Kier alpha value is -1.05. The summed E-state index contributed by atoms with van der Waals surface area (Å²) in [5.74, 6) is 0. The lowest BCUT2D eigenvalue weighted by Gasteiger charge is -1.95. The average molecular weight is 185 g/mol. The summed E-state index contributed by atoms with van der Waals surface area (Å²) in [6.07, 6.45) is 1.73. The van der Waals surface area contributed by atoms with Crippen LogP contribution in [0.5, 0.6) is 0 Å². The van der Waals surface area contributed by atoms with Gasteiger partial charge < -0.3 is 0 Å². The van der Waals surface area contributed by atoms with E-state index in [0.717, 1.165) is 5.69 Å². The van der Waals surface area contributed by atoms with Crippen LogP contribution in [0.4, 0.5) is 0 Å². The van der Waals surface area contributed by atoms with E-state index in [0.29, 0.717) is 18.1 Å². The monoisotopic (exact) mass is 184 g/mol. The first-order valence-electron chi connectivity index (χ1n) is 3.49. The van der Waals surface area contributed by atoms with Gasteiger partial charge in [0, 0.05) is 19.8 Å². The number of nitrogens with one attached hydrogen (secondary N) is 1. The van der Waals surface area contributed by atoms with Crippen molar-refractivity contribution >= 4 is 11.6 Å². The topological polar surface area (TPSA) is 53.6 Å². The van der Waals surface area contributed by atoms with E-state index in [4.69, 9.17) is 16.9 Å². The van der Waals surface area contributed by atoms with Crippen molar-refractivity contribution in [3.63, 3.8) is 0 Å². The predicted octanol–water partition coefficient (Wildman–Crippen LogP) is 0.687. The highest BCUT2D eigenvalue weighted by molar-refractivity contribution is 6.31. The maximum Gasteiger partial charge on any atom is 0.0948 e. The lowest BCUT2D eigenvalue weighted by molar-refractivity contribution is 0.695. The van der Waals surface area contributed by atoms with Crippen molar-refractivity contribution in [2.75, 3.05) is 6.54 Å². The summed E-state index contributed by atoms with van der Waals surface area (Å²) >= 11 is 5.82. The Morgan fingerprint density at radius 3 is 3.08 bits per heavy atom. The summed E-state index contributed by atoms with van der Waals surface area (Å²) in [4.78, 5) is 0. The molecule has 4 nitrogen and oxygen atoms in total. The molecule has 0 spiro atoms. The third kappa shape index (κ3) is 2.22. The Bertz CT molecular complexity index is 299. The highest BCUT2D eigenvalue weighted by Gasteiger charge is 2.03. The van der Waals surface area contributed by atoms with Crippen LogP contribution in [0.15, 0.2) is 6.20 Å². The molecule has 0 amide bonds. The van der Waals surface area contributed by atoms with E-state index in [2.05, 4.69) is 10.4 Å². The molecule has 1 N–H and O–H groups in total. The fraction of sp³-hybridized carbons (Fsp3) is 0.429. The highest BCUT2D eigenvalue weighted by Crippen LogP contribution is 2.11. The third-order valence-electron chi connectivity index (χ3n) is 1.35. The Kier molecular flexibility index (Phi) is 3.09. The molecule has 5 heteroatoms. The van der Waals surface area contributed by atoms with E-state index < -0.39 is 0 Å². The van der Waals surface area contributed by atoms with Gasteiger partial charge in [-0.05, 0) is 0 Å². The van der Waals surface area contributed by atoms with E-state index in [1.165, 1.54) is 0 Å². The zero-order valence-corrected chi connectivity index (χ0v) is 7.47. The second-order valence-electron chi connectivity index (χ2n) is 2.36. The minimum Gasteiger partial charge on any atom is -0.299 e. The van der Waals surface area contributed by atoms with Crippen molar-refractivity contribution in [2.45, 2.75) is 6.54 Å². The molecule has 1 heterocycles. The van der Waals surface area contributed by atoms with Crippen molar-refractivity contribution in [3.8, 4) is 6.07 Å². The highest BCUT2D eigenvalue weighted by atomic mass is 35.5. The van der Waals surface area contributed by atoms with Crippen LogP contribution in [0.3, 0.4) is 0 Å². The fourth-order valence-electron chi connectivity index (χ4n) is 0.862. The standard InChI is InChI=1S/C7H9ClN4/c1-12-5-6(8)7(11-12)4-10-3-2-9/h5,10H,3-4H2,1H3. The molecule has 1 rings (SSSR count). The zero-order chi connectivity index (χ0) is 8.97. The van der Waals surface area contributed by atoms with Crippen LogP contribution in [0.25, 0.3) is 0 Å². The third-order valence-corrected chi connectivity index (χ3v) is 1.67. The maximum atomic E-state index is 8.25. The quantitative estimate of drug-likeness (QED) is 0.556. The molecule has 0 aliphatic heterocycles. The van der Waals surface area contributed by atoms with Crippen molar-refractivity contribution < 1.29 is 0 Å². The van der Waals surface area contributed by atoms with Gasteiger partial charge in [0.2, 0.25) is 0 Å². The first kappa shape index (κ1) is 9.04. The molecule has 1 aromatic rings. The molecular formula is C7H9ClN4. The summed E-state index contributed by atoms with van der Waals surface area (Å²) in [7, 11) is 1.81. The number of halogens is 1. The van der Waals surface area contributed by atoms with Crippen LogP contribution < -0.4 is 5.32 Å². The molecule has 0 bridgehead atoms. The molecule has 0 aromatic carbocycles. The number of aryl methyl sites for hydroxylation is 1. The molecule has 0 aliphatic rings. The first-order valence-corrected chi connectivity index (χ1v) is 3.87. The normalized spacial score (nSPS) is 9.75. The van der Waals surface area contributed by atoms with Gasteiger partial charge in [0.05, 0.1) is 23.3 Å². The summed E-state index contributed by atoms with van der Waals surface area (Å²) in [5.41, 5.74) is 0.773. The van der Waals surface area contributed by atoms with E-state index in [1.807, 2.05) is 6.07 Å². The number of hydrogen-bond acceptors (Lipinski definition) is 3. The van der Waals surface area contributed by atoms with Crippen LogP contribution in [-0.4, -0.2) is 16.3 Å². The second-order valence-corrected chi connectivity index (χ2v) is 2.77. The van der Waals surface area contributed by atoms with Gasteiger partial charge in [-0.2, -0.15) is 10.4 Å². The van der Waals surface area contributed by atoms with Crippen LogP contribution in [0.1, 0.15) is 5.69 Å². The first-order chi connectivity index (χ1) is 5.74. The molecular weight excluding hydrogens is 176 g/mol. The number of aromatic nitrogens is 2. The molecule has 0 radical (unpaired) electrons. The van der Waals surface area contributed by atoms with Crippen molar-refractivity contribution in [2.24, 2.45) is 7.05 Å². The zero-order valence-electron chi connectivity index (χ0n) is 6.71. The molecule has 0 aliphatic carbocycles. The Morgan fingerprint density at radius 1 is 1.83 bits per heavy atom. The van der Waals surface area contributed by atoms with E-state index in [-0.39, 0.29) is 0 Å². The van der Waals surface area contributed by atoms with Crippen LogP contribution in [-0.2, 0) is 13.6 Å². The van der Waals surface area contributed by atoms with Gasteiger partial charge in [-0.1, -0.05) is 11.6 Å². The van der Waals surface area contributed by atoms with Crippen LogP contribution in [0.2, 0.25) is 5.02 Å². The molecule has 0 saturated carbocycles. The van der Waals surface area contributed by atoms with Gasteiger partial charge in [-0.15, -0.1) is 0 Å². The minimum atomic E-state index is 0.312. The molecule has 0 atom stereocenters. The van der Waals surface area contributed by atoms with Gasteiger partial charge in [-0.3, -0.25) is 10.00 Å². The molecule has 0 unspecified atom stereocenters. The van der Waals surface area contributed by atoms with Crippen molar-refractivity contribution in [1.82, 2.24) is 15.1 Å². The van der Waals surface area contributed by atoms with Gasteiger partial charge in [0.1, 0.15) is 0 Å². The van der Waals surface area contributed by atoms with Gasteiger partial charge in [-0.25, -0.2) is 0 Å². The molecule has 1 aromatic heterocycles. The molecule has 64 valence electrons. The maximum absolute atomic E-state index is 8.25. The average Bonchev–Trinajstić information content (AvgIpc) is 2.31. The second kappa shape index (κ2) is 4.10. The van der Waals surface area contributed by atoms with Crippen LogP contribution in [0, 0.1) is 11.3 Å². The summed E-state index contributed by atoms with van der Waals surface area (Å²) < 4.78 is 1.64. The molecule has 12 heavy (non-hydrogen) atoms. The predicted molar refractivity (Wildman–Crippen MR) is 45.5 cm³/mol. The van der Waals surface area contributed by atoms with Gasteiger partial charge in [0.15, 0.2) is 0 Å². The number of rotatable bonds is 3. The van der Waals surface area contributed by atoms with Gasteiger partial charge >= 0.3 is 0 Å². The van der Waals surface area contributed by atoms with E-state index >= 15 is 0 Å². The smallest absolute Gasteiger partial charge is 0.0948 e. The summed E-state index contributed by atoms with van der Waals surface area (Å²) in [5, 5.41) is 15.9. The van der Waals surface area contributed by atoms with Gasteiger partial charge in [0.25, 0.3) is 0 Å².